The molecular weight excluding hydrogens is 252 g/mol. The van der Waals surface area contributed by atoms with Crippen molar-refractivity contribution in [3.8, 4) is 0 Å². The number of nitrogens with one attached hydrogen (secondary N) is 1. The van der Waals surface area contributed by atoms with E-state index in [1.165, 1.54) is 18.4 Å². The third-order valence-electron chi connectivity index (χ3n) is 3.17. The Labute approximate surface area is 121 Å². The van der Waals surface area contributed by atoms with E-state index in [-0.39, 0.29) is 12.6 Å². The van der Waals surface area contributed by atoms with Crippen molar-refractivity contribution in [2.24, 2.45) is 0 Å². The molecule has 0 aliphatic rings. The van der Waals surface area contributed by atoms with Gasteiger partial charge < -0.3 is 15.3 Å². The molecule has 0 bridgehead atoms. The average Bonchev–Trinajstić information content (AvgIpc) is 2.46. The Hall–Kier alpha value is -1.55. The van der Waals surface area contributed by atoms with Crippen molar-refractivity contribution in [1.29, 1.82) is 0 Å². The van der Waals surface area contributed by atoms with Gasteiger partial charge in [0.1, 0.15) is 0 Å². The Morgan fingerprint density at radius 2 is 1.85 bits per heavy atom. The lowest BCUT2D eigenvalue weighted by Crippen LogP contribution is -2.37. The van der Waals surface area contributed by atoms with E-state index in [0.717, 1.165) is 18.5 Å². The minimum absolute atomic E-state index is 0.0105. The minimum Gasteiger partial charge on any atom is -0.395 e. The Kier molecular flexibility index (Phi) is 7.73. The maximum absolute atomic E-state index is 12.1. The van der Waals surface area contributed by atoms with Crippen LogP contribution in [0.3, 0.4) is 0 Å². The van der Waals surface area contributed by atoms with Gasteiger partial charge in [-0.25, -0.2) is 4.79 Å². The van der Waals surface area contributed by atoms with E-state index < -0.39 is 0 Å². The number of rotatable bonds is 8. The van der Waals surface area contributed by atoms with Gasteiger partial charge in [-0.15, -0.1) is 0 Å². The molecule has 0 aromatic heterocycles. The molecule has 20 heavy (non-hydrogen) atoms. The standard InChI is InChI=1S/C16H26N2O2/c1-3-5-6-14-7-9-15(10-8-14)17-16(20)18(11-4-2)12-13-19/h7-10,19H,3-6,11-13H2,1-2H3,(H,17,20). The molecule has 2 amide bonds. The molecule has 0 radical (unpaired) electrons. The number of hydrogen-bond acceptors (Lipinski definition) is 2. The summed E-state index contributed by atoms with van der Waals surface area (Å²) < 4.78 is 0. The summed E-state index contributed by atoms with van der Waals surface area (Å²) in [4.78, 5) is 13.7. The fraction of sp³-hybridized carbons (Fsp3) is 0.562. The fourth-order valence-corrected chi connectivity index (χ4v) is 2.04. The molecule has 0 saturated carbocycles. The van der Waals surface area contributed by atoms with Gasteiger partial charge in [0, 0.05) is 18.8 Å². The van der Waals surface area contributed by atoms with Gasteiger partial charge in [0.05, 0.1) is 6.61 Å². The van der Waals surface area contributed by atoms with Crippen molar-refractivity contribution in [2.75, 3.05) is 25.0 Å². The second-order valence-electron chi connectivity index (χ2n) is 4.94. The lowest BCUT2D eigenvalue weighted by atomic mass is 10.1. The highest BCUT2D eigenvalue weighted by Crippen LogP contribution is 2.12. The second-order valence-corrected chi connectivity index (χ2v) is 4.94. The summed E-state index contributed by atoms with van der Waals surface area (Å²) in [6.07, 6.45) is 4.33. The van der Waals surface area contributed by atoms with E-state index in [1.807, 2.05) is 19.1 Å². The SMILES string of the molecule is CCCCc1ccc(NC(=O)N(CCC)CCO)cc1. The van der Waals surface area contributed by atoms with Crippen LogP contribution in [0.25, 0.3) is 0 Å². The Morgan fingerprint density at radius 3 is 2.40 bits per heavy atom. The molecule has 0 unspecified atom stereocenters. The molecule has 0 atom stereocenters. The molecule has 2 N–H and O–H groups in total. The highest BCUT2D eigenvalue weighted by Gasteiger charge is 2.11. The number of nitrogens with zero attached hydrogens (tertiary/aromatic N) is 1. The van der Waals surface area contributed by atoms with Crippen LogP contribution >= 0.6 is 0 Å². The van der Waals surface area contributed by atoms with Crippen LogP contribution in [0.5, 0.6) is 0 Å². The van der Waals surface area contributed by atoms with Crippen LogP contribution in [-0.2, 0) is 6.42 Å². The van der Waals surface area contributed by atoms with E-state index in [1.54, 1.807) is 4.90 Å². The predicted molar refractivity (Wildman–Crippen MR) is 83.0 cm³/mol. The maximum atomic E-state index is 12.1. The molecule has 112 valence electrons. The zero-order chi connectivity index (χ0) is 14.8. The highest BCUT2D eigenvalue weighted by molar-refractivity contribution is 5.89. The molecule has 1 rings (SSSR count). The van der Waals surface area contributed by atoms with Crippen LogP contribution in [0, 0.1) is 0 Å². The Balaban J connectivity index is 2.55. The molecule has 1 aromatic rings. The number of anilines is 1. The van der Waals surface area contributed by atoms with Gasteiger partial charge in [-0.3, -0.25) is 0 Å². The number of urea groups is 1. The van der Waals surface area contributed by atoms with Gasteiger partial charge in [-0.1, -0.05) is 32.4 Å². The van der Waals surface area contributed by atoms with Crippen molar-refractivity contribution >= 4 is 11.7 Å². The number of carbonyl (C=O) groups is 1. The first-order valence-corrected chi connectivity index (χ1v) is 7.47. The highest BCUT2D eigenvalue weighted by atomic mass is 16.3. The van der Waals surface area contributed by atoms with Crippen molar-refractivity contribution in [3.63, 3.8) is 0 Å². The first kappa shape index (κ1) is 16.5. The lowest BCUT2D eigenvalue weighted by Gasteiger charge is -2.21. The van der Waals surface area contributed by atoms with Crippen LogP contribution in [0.4, 0.5) is 10.5 Å². The third kappa shape index (κ3) is 5.61. The monoisotopic (exact) mass is 278 g/mol. The number of hydrogen-bond donors (Lipinski definition) is 2. The summed E-state index contributed by atoms with van der Waals surface area (Å²) in [6, 6.07) is 7.84. The van der Waals surface area contributed by atoms with Gasteiger partial charge in [-0.2, -0.15) is 0 Å². The van der Waals surface area contributed by atoms with E-state index in [2.05, 4.69) is 24.4 Å². The van der Waals surface area contributed by atoms with Crippen LogP contribution in [0.15, 0.2) is 24.3 Å². The number of amides is 2. The quantitative estimate of drug-likeness (QED) is 0.767. The van der Waals surface area contributed by atoms with Crippen LogP contribution in [0.1, 0.15) is 38.7 Å². The predicted octanol–water partition coefficient (Wildman–Crippen LogP) is 3.27. The molecule has 0 aliphatic carbocycles. The number of carbonyl (C=O) groups excluding carboxylic acids is 1. The van der Waals surface area contributed by atoms with Crippen molar-refractivity contribution in [1.82, 2.24) is 4.90 Å². The summed E-state index contributed by atoms with van der Waals surface area (Å²) in [5.41, 5.74) is 2.10. The second kappa shape index (κ2) is 9.37. The van der Waals surface area contributed by atoms with Crippen molar-refractivity contribution < 1.29 is 9.90 Å². The molecule has 1 aromatic carbocycles. The van der Waals surface area contributed by atoms with Crippen molar-refractivity contribution in [2.45, 2.75) is 39.5 Å². The Morgan fingerprint density at radius 1 is 1.15 bits per heavy atom. The first-order chi connectivity index (χ1) is 9.71. The number of benzene rings is 1. The lowest BCUT2D eigenvalue weighted by molar-refractivity contribution is 0.188. The van der Waals surface area contributed by atoms with E-state index in [9.17, 15) is 4.79 Å². The number of aryl methyl sites for hydroxylation is 1. The van der Waals surface area contributed by atoms with Gasteiger partial charge in [0.15, 0.2) is 0 Å². The van der Waals surface area contributed by atoms with Gasteiger partial charge in [0.25, 0.3) is 0 Å². The number of aliphatic hydroxyl groups excluding tert-OH is 1. The van der Waals surface area contributed by atoms with Gasteiger partial charge in [0.2, 0.25) is 0 Å². The van der Waals surface area contributed by atoms with Crippen LogP contribution in [-0.4, -0.2) is 35.7 Å². The van der Waals surface area contributed by atoms with E-state index >= 15 is 0 Å². The first-order valence-electron chi connectivity index (χ1n) is 7.47. The van der Waals surface area contributed by atoms with E-state index in [4.69, 9.17) is 5.11 Å². The van der Waals surface area contributed by atoms with Crippen molar-refractivity contribution in [3.05, 3.63) is 29.8 Å². The van der Waals surface area contributed by atoms with Crippen LogP contribution < -0.4 is 5.32 Å². The van der Waals surface area contributed by atoms with Crippen LogP contribution in [0.2, 0.25) is 0 Å². The maximum Gasteiger partial charge on any atom is 0.321 e. The summed E-state index contributed by atoms with van der Waals surface area (Å²) in [6.45, 7) is 5.21. The third-order valence-corrected chi connectivity index (χ3v) is 3.17. The number of unbranched alkanes of at least 4 members (excludes halogenated alkanes) is 1. The molecule has 4 heteroatoms. The fourth-order valence-electron chi connectivity index (χ4n) is 2.04. The van der Waals surface area contributed by atoms with Gasteiger partial charge >= 0.3 is 6.03 Å². The zero-order valence-electron chi connectivity index (χ0n) is 12.6. The average molecular weight is 278 g/mol. The molecular formula is C16H26N2O2. The molecule has 0 spiro atoms. The van der Waals surface area contributed by atoms with E-state index in [0.29, 0.717) is 13.1 Å². The molecule has 0 fully saturated rings. The molecule has 0 saturated heterocycles. The summed E-state index contributed by atoms with van der Waals surface area (Å²) in [5.74, 6) is 0. The minimum atomic E-state index is -0.151. The normalized spacial score (nSPS) is 10.3. The summed E-state index contributed by atoms with van der Waals surface area (Å²) in [7, 11) is 0. The molecule has 4 nitrogen and oxygen atoms in total. The van der Waals surface area contributed by atoms with Gasteiger partial charge in [-0.05, 0) is 37.0 Å². The molecule has 0 heterocycles. The summed E-state index contributed by atoms with van der Waals surface area (Å²) in [5, 5.41) is 11.8. The largest absolute Gasteiger partial charge is 0.395 e. The number of aliphatic hydroxyl groups is 1. The Bertz CT molecular complexity index is 384. The molecule has 0 aliphatic heterocycles. The smallest absolute Gasteiger partial charge is 0.321 e. The zero-order valence-corrected chi connectivity index (χ0v) is 12.6. The topological polar surface area (TPSA) is 52.6 Å². The summed E-state index contributed by atoms with van der Waals surface area (Å²) >= 11 is 0.